The van der Waals surface area contributed by atoms with Crippen LogP contribution in [0.2, 0.25) is 0 Å². The minimum Gasteiger partial charge on any atom is -0.301 e. The SMILES string of the molecule is CN(CCN(C)Cc1cccc(-c2ccc3[nH]nnc3c2)c1)Cc1ccccc1.Cl. The maximum Gasteiger partial charge on any atom is 0.113 e. The van der Waals surface area contributed by atoms with E-state index in [1.807, 2.05) is 6.07 Å². The molecule has 0 saturated carbocycles. The molecule has 6 heteroatoms. The maximum absolute atomic E-state index is 4.13. The molecule has 156 valence electrons. The van der Waals surface area contributed by atoms with E-state index in [4.69, 9.17) is 0 Å². The summed E-state index contributed by atoms with van der Waals surface area (Å²) in [7, 11) is 4.37. The zero-order valence-electron chi connectivity index (χ0n) is 17.5. The third-order valence-corrected chi connectivity index (χ3v) is 5.20. The highest BCUT2D eigenvalue weighted by molar-refractivity contribution is 5.85. The Bertz CT molecular complexity index is 1060. The van der Waals surface area contributed by atoms with Gasteiger partial charge in [0.1, 0.15) is 5.52 Å². The minimum atomic E-state index is 0. The Morgan fingerprint density at radius 1 is 0.733 bits per heavy atom. The molecule has 0 amide bonds. The van der Waals surface area contributed by atoms with Crippen LogP contribution >= 0.6 is 12.4 Å². The molecule has 0 fully saturated rings. The molecular formula is C24H28ClN5. The van der Waals surface area contributed by atoms with E-state index >= 15 is 0 Å². The molecule has 30 heavy (non-hydrogen) atoms. The molecule has 0 bridgehead atoms. The molecule has 0 spiro atoms. The molecule has 4 rings (SSSR count). The van der Waals surface area contributed by atoms with E-state index in [0.717, 1.165) is 37.2 Å². The molecule has 4 aromatic rings. The van der Waals surface area contributed by atoms with Gasteiger partial charge in [-0.3, -0.25) is 5.10 Å². The first-order chi connectivity index (χ1) is 14.2. The van der Waals surface area contributed by atoms with Crippen LogP contribution in [0.1, 0.15) is 11.1 Å². The summed E-state index contributed by atoms with van der Waals surface area (Å²) in [6.07, 6.45) is 0. The van der Waals surface area contributed by atoms with E-state index in [9.17, 15) is 0 Å². The number of H-pyrrole nitrogens is 1. The summed E-state index contributed by atoms with van der Waals surface area (Å²) in [6, 6.07) is 25.6. The fraction of sp³-hybridized carbons (Fsp3) is 0.250. The predicted octanol–water partition coefficient (Wildman–Crippen LogP) is 4.61. The zero-order valence-corrected chi connectivity index (χ0v) is 18.3. The zero-order chi connectivity index (χ0) is 20.1. The Morgan fingerprint density at radius 3 is 2.17 bits per heavy atom. The second-order valence-corrected chi connectivity index (χ2v) is 7.71. The Kier molecular flexibility index (Phi) is 7.57. The third kappa shape index (κ3) is 5.66. The van der Waals surface area contributed by atoms with Gasteiger partial charge in [-0.1, -0.05) is 59.8 Å². The van der Waals surface area contributed by atoms with Crippen molar-refractivity contribution in [3.05, 3.63) is 83.9 Å². The number of halogens is 1. The summed E-state index contributed by atoms with van der Waals surface area (Å²) < 4.78 is 0. The number of benzene rings is 3. The van der Waals surface area contributed by atoms with Crippen LogP contribution in [0.4, 0.5) is 0 Å². The molecule has 0 saturated heterocycles. The molecule has 0 aliphatic carbocycles. The van der Waals surface area contributed by atoms with Crippen LogP contribution in [0.25, 0.3) is 22.2 Å². The Morgan fingerprint density at radius 2 is 1.40 bits per heavy atom. The number of rotatable bonds is 8. The van der Waals surface area contributed by atoms with Crippen LogP contribution in [-0.2, 0) is 13.1 Å². The van der Waals surface area contributed by atoms with E-state index in [2.05, 4.69) is 106 Å². The maximum atomic E-state index is 4.13. The number of hydrogen-bond acceptors (Lipinski definition) is 4. The van der Waals surface area contributed by atoms with Crippen molar-refractivity contribution in [2.45, 2.75) is 13.1 Å². The average Bonchev–Trinajstić information content (AvgIpc) is 3.21. The lowest BCUT2D eigenvalue weighted by Crippen LogP contribution is -2.30. The van der Waals surface area contributed by atoms with E-state index in [1.54, 1.807) is 0 Å². The van der Waals surface area contributed by atoms with Gasteiger partial charge in [0.25, 0.3) is 0 Å². The average molecular weight is 422 g/mol. The molecule has 5 nitrogen and oxygen atoms in total. The molecular weight excluding hydrogens is 394 g/mol. The first-order valence-corrected chi connectivity index (χ1v) is 9.98. The summed E-state index contributed by atoms with van der Waals surface area (Å²) in [5, 5.41) is 10.9. The van der Waals surface area contributed by atoms with Crippen molar-refractivity contribution in [3.63, 3.8) is 0 Å². The van der Waals surface area contributed by atoms with Gasteiger partial charge in [0, 0.05) is 26.2 Å². The van der Waals surface area contributed by atoms with Gasteiger partial charge in [-0.2, -0.15) is 0 Å². The van der Waals surface area contributed by atoms with Crippen molar-refractivity contribution in [2.24, 2.45) is 0 Å². The van der Waals surface area contributed by atoms with Gasteiger partial charge in [0.2, 0.25) is 0 Å². The van der Waals surface area contributed by atoms with Crippen LogP contribution in [0.15, 0.2) is 72.8 Å². The molecule has 1 aromatic heterocycles. The summed E-state index contributed by atoms with van der Waals surface area (Å²) >= 11 is 0. The largest absolute Gasteiger partial charge is 0.301 e. The van der Waals surface area contributed by atoms with Crippen LogP contribution in [-0.4, -0.2) is 52.4 Å². The molecule has 0 aliphatic heterocycles. The lowest BCUT2D eigenvalue weighted by atomic mass is 10.0. The fourth-order valence-electron chi connectivity index (χ4n) is 3.58. The highest BCUT2D eigenvalue weighted by Gasteiger charge is 2.07. The number of nitrogens with one attached hydrogen (secondary N) is 1. The first-order valence-electron chi connectivity index (χ1n) is 9.98. The van der Waals surface area contributed by atoms with Gasteiger partial charge in [-0.05, 0) is 54.5 Å². The Balaban J connectivity index is 0.00000256. The summed E-state index contributed by atoms with van der Waals surface area (Å²) in [4.78, 5) is 4.75. The van der Waals surface area contributed by atoms with Gasteiger partial charge in [-0.15, -0.1) is 17.5 Å². The quantitative estimate of drug-likeness (QED) is 0.451. The first kappa shape index (κ1) is 22.0. The predicted molar refractivity (Wildman–Crippen MR) is 126 cm³/mol. The van der Waals surface area contributed by atoms with Crippen molar-refractivity contribution in [3.8, 4) is 11.1 Å². The van der Waals surface area contributed by atoms with E-state index in [-0.39, 0.29) is 12.4 Å². The molecule has 0 unspecified atom stereocenters. The van der Waals surface area contributed by atoms with Gasteiger partial charge in [-0.25, -0.2) is 0 Å². The molecule has 0 aliphatic rings. The highest BCUT2D eigenvalue weighted by atomic mass is 35.5. The third-order valence-electron chi connectivity index (χ3n) is 5.20. The lowest BCUT2D eigenvalue weighted by Gasteiger charge is -2.22. The van der Waals surface area contributed by atoms with Crippen molar-refractivity contribution in [1.29, 1.82) is 0 Å². The molecule has 3 aromatic carbocycles. The summed E-state index contributed by atoms with van der Waals surface area (Å²) in [5.74, 6) is 0. The standard InChI is InChI=1S/C24H27N5.ClH/c1-28(17-19-7-4-3-5-8-19)13-14-29(2)18-20-9-6-10-21(15-20)22-11-12-23-24(16-22)26-27-25-23;/h3-12,15-16H,13-14,17-18H2,1-2H3,(H,25,26,27);1H. The minimum absolute atomic E-state index is 0. The number of aromatic nitrogens is 3. The molecule has 0 atom stereocenters. The van der Waals surface area contributed by atoms with Crippen molar-refractivity contribution in [1.82, 2.24) is 25.2 Å². The van der Waals surface area contributed by atoms with E-state index in [1.165, 1.54) is 22.3 Å². The number of nitrogens with zero attached hydrogens (tertiary/aromatic N) is 4. The number of hydrogen-bond donors (Lipinski definition) is 1. The van der Waals surface area contributed by atoms with Gasteiger partial charge >= 0.3 is 0 Å². The summed E-state index contributed by atoms with van der Waals surface area (Å²) in [5.41, 5.74) is 6.90. The highest BCUT2D eigenvalue weighted by Crippen LogP contribution is 2.23. The normalized spacial score (nSPS) is 11.2. The van der Waals surface area contributed by atoms with E-state index in [0.29, 0.717) is 0 Å². The number of likely N-dealkylation sites (N-methyl/N-ethyl adjacent to an activating group) is 2. The Hall–Kier alpha value is -2.73. The lowest BCUT2D eigenvalue weighted by molar-refractivity contribution is 0.247. The van der Waals surface area contributed by atoms with Crippen LogP contribution < -0.4 is 0 Å². The van der Waals surface area contributed by atoms with Crippen molar-refractivity contribution >= 4 is 23.4 Å². The second kappa shape index (κ2) is 10.3. The monoisotopic (exact) mass is 421 g/mol. The fourth-order valence-corrected chi connectivity index (χ4v) is 3.58. The van der Waals surface area contributed by atoms with Crippen LogP contribution in [0, 0.1) is 0 Å². The van der Waals surface area contributed by atoms with E-state index < -0.39 is 0 Å². The summed E-state index contributed by atoms with van der Waals surface area (Å²) in [6.45, 7) is 3.97. The van der Waals surface area contributed by atoms with Gasteiger partial charge in [0.15, 0.2) is 0 Å². The topological polar surface area (TPSA) is 48.0 Å². The van der Waals surface area contributed by atoms with Gasteiger partial charge in [0.05, 0.1) is 5.52 Å². The van der Waals surface area contributed by atoms with Crippen molar-refractivity contribution in [2.75, 3.05) is 27.2 Å². The molecule has 1 N–H and O–H groups in total. The second-order valence-electron chi connectivity index (χ2n) is 7.71. The van der Waals surface area contributed by atoms with Crippen molar-refractivity contribution < 1.29 is 0 Å². The van der Waals surface area contributed by atoms with Crippen LogP contribution in [0.5, 0.6) is 0 Å². The number of aromatic amines is 1. The number of fused-ring (bicyclic) bond motifs is 1. The molecule has 0 radical (unpaired) electrons. The smallest absolute Gasteiger partial charge is 0.113 e. The Labute approximate surface area is 184 Å². The van der Waals surface area contributed by atoms with Gasteiger partial charge < -0.3 is 9.80 Å². The molecule has 1 heterocycles. The van der Waals surface area contributed by atoms with Crippen LogP contribution in [0.3, 0.4) is 0 Å².